The summed E-state index contributed by atoms with van der Waals surface area (Å²) in [6.07, 6.45) is 0.392. The number of hydrogen-bond donors (Lipinski definition) is 1. The minimum absolute atomic E-state index is 0.392. The Morgan fingerprint density at radius 2 is 2.13 bits per heavy atom. The molecular formula is C10H16N2O3. The predicted octanol–water partition coefficient (Wildman–Crippen LogP) is 0.604. The Balaban J connectivity index is 4.51. The number of nitriles is 1. The van der Waals surface area contributed by atoms with Gasteiger partial charge in [0.15, 0.2) is 0 Å². The number of hydrogen-bond acceptors (Lipinski definition) is 4. The fourth-order valence-corrected chi connectivity index (χ4v) is 0.882. The summed E-state index contributed by atoms with van der Waals surface area (Å²) >= 11 is 0. The fraction of sp³-hybridized carbons (Fsp3) is 0.700. The normalized spacial score (nSPS) is 15.7. The summed E-state index contributed by atoms with van der Waals surface area (Å²) in [6.45, 7) is 4.79. The van der Waals surface area contributed by atoms with Crippen molar-refractivity contribution in [1.29, 1.82) is 5.26 Å². The molecule has 0 aromatic carbocycles. The van der Waals surface area contributed by atoms with Crippen LogP contribution < -0.4 is 5.32 Å². The van der Waals surface area contributed by atoms with E-state index in [4.69, 9.17) is 5.26 Å². The number of amides is 1. The molecule has 0 spiro atoms. The number of nitrogens with zero attached hydrogens (tertiary/aromatic N) is 1. The average molecular weight is 212 g/mol. The van der Waals surface area contributed by atoms with E-state index in [1.54, 1.807) is 6.92 Å². The number of rotatable bonds is 4. The quantitative estimate of drug-likeness (QED) is 0.692. The minimum Gasteiger partial charge on any atom is -0.467 e. The van der Waals surface area contributed by atoms with Crippen molar-refractivity contribution < 1.29 is 14.3 Å². The molecule has 84 valence electrons. The van der Waals surface area contributed by atoms with E-state index in [9.17, 15) is 9.59 Å². The lowest BCUT2D eigenvalue weighted by molar-refractivity contribution is -0.145. The molecule has 0 aromatic rings. The lowest BCUT2D eigenvalue weighted by Crippen LogP contribution is -2.45. The van der Waals surface area contributed by atoms with Crippen LogP contribution in [0.15, 0.2) is 0 Å². The van der Waals surface area contributed by atoms with Crippen molar-refractivity contribution in [3.05, 3.63) is 0 Å². The second kappa shape index (κ2) is 5.35. The summed E-state index contributed by atoms with van der Waals surface area (Å²) in [4.78, 5) is 22.6. The van der Waals surface area contributed by atoms with Gasteiger partial charge in [-0.2, -0.15) is 5.26 Å². The topological polar surface area (TPSA) is 79.2 Å². The molecule has 5 heteroatoms. The number of carbonyl (C=O) groups excluding carboxylic acids is 2. The summed E-state index contributed by atoms with van der Waals surface area (Å²) < 4.78 is 4.46. The van der Waals surface area contributed by atoms with Crippen LogP contribution in [0, 0.1) is 16.7 Å². The van der Waals surface area contributed by atoms with Crippen LogP contribution in [0.4, 0.5) is 0 Å². The zero-order chi connectivity index (χ0) is 12.1. The standard InChI is InChI=1S/C10H16N2O3/c1-5-10(3,6-11)9(14)12-7(2)8(13)15-4/h7H,5H2,1-4H3,(H,12,14). The van der Waals surface area contributed by atoms with E-state index >= 15 is 0 Å². The molecule has 0 saturated carbocycles. The number of methoxy groups -OCH3 is 1. The van der Waals surface area contributed by atoms with Crippen LogP contribution in [0.25, 0.3) is 0 Å². The third-order valence-electron chi connectivity index (χ3n) is 2.36. The van der Waals surface area contributed by atoms with Gasteiger partial charge in [0.2, 0.25) is 5.91 Å². The largest absolute Gasteiger partial charge is 0.467 e. The molecule has 1 amide bonds. The van der Waals surface area contributed by atoms with E-state index in [1.165, 1.54) is 21.0 Å². The van der Waals surface area contributed by atoms with E-state index in [2.05, 4.69) is 10.1 Å². The zero-order valence-electron chi connectivity index (χ0n) is 9.46. The van der Waals surface area contributed by atoms with Crippen LogP contribution in [0.5, 0.6) is 0 Å². The highest BCUT2D eigenvalue weighted by Crippen LogP contribution is 2.19. The highest BCUT2D eigenvalue weighted by Gasteiger charge is 2.33. The minimum atomic E-state index is -1.09. The van der Waals surface area contributed by atoms with Gasteiger partial charge >= 0.3 is 5.97 Å². The number of ether oxygens (including phenoxy) is 1. The van der Waals surface area contributed by atoms with Gasteiger partial charge in [0.25, 0.3) is 0 Å². The van der Waals surface area contributed by atoms with Crippen molar-refractivity contribution in [1.82, 2.24) is 5.32 Å². The van der Waals surface area contributed by atoms with Crippen molar-refractivity contribution in [3.63, 3.8) is 0 Å². The first-order chi connectivity index (χ1) is 6.91. The Morgan fingerprint density at radius 3 is 2.47 bits per heavy atom. The maximum absolute atomic E-state index is 11.6. The third kappa shape index (κ3) is 3.24. The van der Waals surface area contributed by atoms with Gasteiger partial charge in [0.05, 0.1) is 13.2 Å². The van der Waals surface area contributed by atoms with Gasteiger partial charge < -0.3 is 10.1 Å². The van der Waals surface area contributed by atoms with Crippen LogP contribution in [-0.4, -0.2) is 25.0 Å². The maximum atomic E-state index is 11.6. The molecule has 15 heavy (non-hydrogen) atoms. The summed E-state index contributed by atoms with van der Waals surface area (Å²) in [7, 11) is 1.24. The van der Waals surface area contributed by atoms with E-state index in [1.807, 2.05) is 6.07 Å². The fourth-order valence-electron chi connectivity index (χ4n) is 0.882. The Hall–Kier alpha value is -1.57. The van der Waals surface area contributed by atoms with Crippen LogP contribution >= 0.6 is 0 Å². The average Bonchev–Trinajstić information content (AvgIpc) is 2.26. The lowest BCUT2D eigenvalue weighted by Gasteiger charge is -2.20. The van der Waals surface area contributed by atoms with Crippen LogP contribution in [0.2, 0.25) is 0 Å². The first kappa shape index (κ1) is 13.4. The molecule has 0 bridgehead atoms. The Kier molecular flexibility index (Phi) is 4.79. The summed E-state index contributed by atoms with van der Waals surface area (Å²) in [5.74, 6) is -0.981. The molecule has 2 atom stereocenters. The van der Waals surface area contributed by atoms with Crippen LogP contribution in [0.3, 0.4) is 0 Å². The van der Waals surface area contributed by atoms with Gasteiger partial charge in [0, 0.05) is 0 Å². The highest BCUT2D eigenvalue weighted by molar-refractivity contribution is 5.89. The number of carbonyl (C=O) groups is 2. The summed E-state index contributed by atoms with van der Waals surface area (Å²) in [5, 5.41) is 11.3. The molecule has 0 radical (unpaired) electrons. The number of esters is 1. The molecule has 0 rings (SSSR count). The maximum Gasteiger partial charge on any atom is 0.328 e. The van der Waals surface area contributed by atoms with E-state index in [0.29, 0.717) is 6.42 Å². The molecule has 2 unspecified atom stereocenters. The Labute approximate surface area is 89.4 Å². The van der Waals surface area contributed by atoms with Crippen molar-refractivity contribution >= 4 is 11.9 Å². The van der Waals surface area contributed by atoms with Gasteiger partial charge in [-0.05, 0) is 20.3 Å². The molecule has 1 N–H and O–H groups in total. The van der Waals surface area contributed by atoms with E-state index in [-0.39, 0.29) is 0 Å². The van der Waals surface area contributed by atoms with Gasteiger partial charge in [-0.15, -0.1) is 0 Å². The van der Waals surface area contributed by atoms with Crippen molar-refractivity contribution in [2.45, 2.75) is 33.2 Å². The second-order valence-corrected chi connectivity index (χ2v) is 3.52. The Morgan fingerprint density at radius 1 is 1.60 bits per heavy atom. The van der Waals surface area contributed by atoms with E-state index in [0.717, 1.165) is 0 Å². The predicted molar refractivity (Wildman–Crippen MR) is 53.6 cm³/mol. The lowest BCUT2D eigenvalue weighted by atomic mass is 9.88. The van der Waals surface area contributed by atoms with Crippen molar-refractivity contribution in [2.75, 3.05) is 7.11 Å². The molecule has 5 nitrogen and oxygen atoms in total. The van der Waals surface area contributed by atoms with Crippen LogP contribution in [0.1, 0.15) is 27.2 Å². The Bertz CT molecular complexity index is 296. The number of nitrogens with one attached hydrogen (secondary N) is 1. The molecule has 0 heterocycles. The molecule has 0 saturated heterocycles. The van der Waals surface area contributed by atoms with E-state index < -0.39 is 23.3 Å². The van der Waals surface area contributed by atoms with Gasteiger partial charge in [-0.3, -0.25) is 4.79 Å². The SMILES string of the molecule is CCC(C)(C#N)C(=O)NC(C)C(=O)OC. The van der Waals surface area contributed by atoms with Crippen molar-refractivity contribution in [2.24, 2.45) is 5.41 Å². The first-order valence-electron chi connectivity index (χ1n) is 4.71. The molecule has 0 aliphatic carbocycles. The first-order valence-corrected chi connectivity index (χ1v) is 4.71. The second-order valence-electron chi connectivity index (χ2n) is 3.52. The van der Waals surface area contributed by atoms with Crippen molar-refractivity contribution in [3.8, 4) is 6.07 Å². The summed E-state index contributed by atoms with van der Waals surface area (Å²) in [5.41, 5.74) is -1.09. The molecule has 0 aliphatic heterocycles. The third-order valence-corrected chi connectivity index (χ3v) is 2.36. The summed E-state index contributed by atoms with van der Waals surface area (Å²) in [6, 6.07) is 1.19. The van der Waals surface area contributed by atoms with Crippen LogP contribution in [-0.2, 0) is 14.3 Å². The molecule has 0 aromatic heterocycles. The zero-order valence-corrected chi connectivity index (χ0v) is 9.46. The van der Waals surface area contributed by atoms with Gasteiger partial charge in [0.1, 0.15) is 11.5 Å². The monoisotopic (exact) mass is 212 g/mol. The molecule has 0 aliphatic rings. The van der Waals surface area contributed by atoms with Gasteiger partial charge in [-0.1, -0.05) is 6.92 Å². The molecule has 0 fully saturated rings. The molecular weight excluding hydrogens is 196 g/mol. The smallest absolute Gasteiger partial charge is 0.328 e. The van der Waals surface area contributed by atoms with Gasteiger partial charge in [-0.25, -0.2) is 4.79 Å². The highest BCUT2D eigenvalue weighted by atomic mass is 16.5.